The zero-order valence-corrected chi connectivity index (χ0v) is 15.6. The van der Waals surface area contributed by atoms with Gasteiger partial charge in [-0.15, -0.1) is 0 Å². The molecular formula is C21H28O3. The second-order valence-electron chi connectivity index (χ2n) is 6.74. The molecule has 0 fully saturated rings. The molecule has 1 aliphatic rings. The molecule has 2 rings (SSSR count). The molecule has 1 N–H and O–H groups in total. The number of benzene rings is 1. The monoisotopic (exact) mass is 328 g/mol. The summed E-state index contributed by atoms with van der Waals surface area (Å²) in [5.41, 5.74) is 5.16. The molecule has 3 nitrogen and oxygen atoms in total. The highest BCUT2D eigenvalue weighted by Gasteiger charge is 2.26. The Kier molecular flexibility index (Phi) is 5.76. The Balaban J connectivity index is 2.67. The largest absolute Gasteiger partial charge is 0.507 e. The molecule has 3 heteroatoms. The Bertz CT molecular complexity index is 713. The topological polar surface area (TPSA) is 38.7 Å². The summed E-state index contributed by atoms with van der Waals surface area (Å²) in [5, 5.41) is 10.8. The highest BCUT2D eigenvalue weighted by atomic mass is 16.5. The van der Waals surface area contributed by atoms with Crippen LogP contribution in [0.5, 0.6) is 17.2 Å². The molecule has 130 valence electrons. The van der Waals surface area contributed by atoms with Crippen molar-refractivity contribution in [3.63, 3.8) is 0 Å². The number of rotatable bonds is 5. The van der Waals surface area contributed by atoms with Crippen molar-refractivity contribution in [3.05, 3.63) is 51.8 Å². The molecule has 0 saturated heterocycles. The van der Waals surface area contributed by atoms with Gasteiger partial charge in [0.05, 0.1) is 12.9 Å². The Morgan fingerprint density at radius 2 is 1.71 bits per heavy atom. The van der Waals surface area contributed by atoms with Gasteiger partial charge in [-0.05, 0) is 53.5 Å². The fraction of sp³-hybridized carbons (Fsp3) is 0.429. The third-order valence-corrected chi connectivity index (χ3v) is 4.16. The van der Waals surface area contributed by atoms with E-state index in [9.17, 15) is 5.11 Å². The molecule has 1 aromatic rings. The lowest BCUT2D eigenvalue weighted by atomic mass is 9.93. The number of aromatic hydroxyl groups is 1. The van der Waals surface area contributed by atoms with E-state index in [2.05, 4.69) is 39.8 Å². The van der Waals surface area contributed by atoms with E-state index >= 15 is 0 Å². The van der Waals surface area contributed by atoms with Crippen molar-refractivity contribution in [1.82, 2.24) is 0 Å². The normalized spacial score (nSPS) is 12.7. The first-order chi connectivity index (χ1) is 11.3. The molecule has 24 heavy (non-hydrogen) atoms. The van der Waals surface area contributed by atoms with Gasteiger partial charge in [-0.3, -0.25) is 0 Å². The number of phenolic OH excluding ortho intramolecular Hbond substituents is 1. The van der Waals surface area contributed by atoms with E-state index in [0.717, 1.165) is 40.4 Å². The molecule has 0 radical (unpaired) electrons. The van der Waals surface area contributed by atoms with Gasteiger partial charge in [0.25, 0.3) is 0 Å². The van der Waals surface area contributed by atoms with Crippen LogP contribution < -0.4 is 9.47 Å². The maximum Gasteiger partial charge on any atom is 0.141 e. The van der Waals surface area contributed by atoms with Gasteiger partial charge in [-0.1, -0.05) is 23.3 Å². The van der Waals surface area contributed by atoms with Crippen LogP contribution in [0.3, 0.4) is 0 Å². The first-order valence-corrected chi connectivity index (χ1v) is 8.40. The number of fused-ring (bicyclic) bond motifs is 1. The number of ether oxygens (including phenoxy) is 2. The molecule has 0 amide bonds. The van der Waals surface area contributed by atoms with Gasteiger partial charge in [0.1, 0.15) is 17.2 Å². The summed E-state index contributed by atoms with van der Waals surface area (Å²) in [6.45, 7) is 10.2. The predicted octanol–water partition coefficient (Wildman–Crippen LogP) is 5.26. The molecule has 0 aromatic heterocycles. The Morgan fingerprint density at radius 1 is 1.12 bits per heavy atom. The summed E-state index contributed by atoms with van der Waals surface area (Å²) in [4.78, 5) is 0. The number of methoxy groups -OCH3 is 1. The number of hydrogen-bond acceptors (Lipinski definition) is 3. The fourth-order valence-corrected chi connectivity index (χ4v) is 2.86. The minimum Gasteiger partial charge on any atom is -0.507 e. The molecular weight excluding hydrogens is 300 g/mol. The summed E-state index contributed by atoms with van der Waals surface area (Å²) < 4.78 is 11.7. The van der Waals surface area contributed by atoms with Crippen molar-refractivity contribution < 1.29 is 14.6 Å². The van der Waals surface area contributed by atoms with E-state index in [4.69, 9.17) is 9.47 Å². The summed E-state index contributed by atoms with van der Waals surface area (Å²) in [5.74, 6) is 2.64. The van der Waals surface area contributed by atoms with Crippen LogP contribution in [0.25, 0.3) is 0 Å². The van der Waals surface area contributed by atoms with Crippen LogP contribution in [0, 0.1) is 0 Å². The van der Waals surface area contributed by atoms with E-state index in [1.165, 1.54) is 11.1 Å². The number of phenols is 1. The minimum atomic E-state index is 0.295. The second kappa shape index (κ2) is 7.61. The third-order valence-electron chi connectivity index (χ3n) is 4.16. The average molecular weight is 328 g/mol. The van der Waals surface area contributed by atoms with Crippen LogP contribution in [0.4, 0.5) is 0 Å². The van der Waals surface area contributed by atoms with Crippen molar-refractivity contribution in [3.8, 4) is 17.2 Å². The van der Waals surface area contributed by atoms with E-state index < -0.39 is 0 Å². The fourth-order valence-electron chi connectivity index (χ4n) is 2.86. The first-order valence-electron chi connectivity index (χ1n) is 8.40. The van der Waals surface area contributed by atoms with Crippen LogP contribution in [0.15, 0.2) is 35.1 Å². The van der Waals surface area contributed by atoms with Gasteiger partial charge in [0, 0.05) is 23.1 Å². The van der Waals surface area contributed by atoms with Crippen LogP contribution in [0.2, 0.25) is 0 Å². The smallest absolute Gasteiger partial charge is 0.141 e. The third kappa shape index (κ3) is 3.84. The summed E-state index contributed by atoms with van der Waals surface area (Å²) >= 11 is 0. The van der Waals surface area contributed by atoms with E-state index in [-0.39, 0.29) is 0 Å². The highest BCUT2D eigenvalue weighted by molar-refractivity contribution is 5.65. The molecule has 0 saturated carbocycles. The maximum absolute atomic E-state index is 10.8. The number of hydrogen-bond donors (Lipinski definition) is 1. The van der Waals surface area contributed by atoms with E-state index in [1.54, 1.807) is 7.11 Å². The van der Waals surface area contributed by atoms with Gasteiger partial charge in [0.2, 0.25) is 0 Å². The molecule has 0 spiro atoms. The van der Waals surface area contributed by atoms with Gasteiger partial charge < -0.3 is 14.6 Å². The maximum atomic E-state index is 10.8. The highest BCUT2D eigenvalue weighted by Crippen LogP contribution is 2.46. The SMILES string of the molecule is COc1c(CC=C(C)C)c(O)c2c(c1CC=C(C)C)OC(C)=CC2. The van der Waals surface area contributed by atoms with Gasteiger partial charge in [-0.2, -0.15) is 0 Å². The van der Waals surface area contributed by atoms with Gasteiger partial charge in [0.15, 0.2) is 0 Å². The predicted molar refractivity (Wildman–Crippen MR) is 99.0 cm³/mol. The molecule has 1 aliphatic heterocycles. The number of allylic oxidation sites excluding steroid dienone is 6. The van der Waals surface area contributed by atoms with Crippen molar-refractivity contribution in [1.29, 1.82) is 0 Å². The van der Waals surface area contributed by atoms with Gasteiger partial charge >= 0.3 is 0 Å². The summed E-state index contributed by atoms with van der Waals surface area (Å²) in [6.07, 6.45) is 8.33. The molecule has 0 atom stereocenters. The average Bonchev–Trinajstić information content (AvgIpc) is 2.51. The zero-order chi connectivity index (χ0) is 17.9. The second-order valence-corrected chi connectivity index (χ2v) is 6.74. The van der Waals surface area contributed by atoms with Crippen molar-refractivity contribution in [2.75, 3.05) is 7.11 Å². The van der Waals surface area contributed by atoms with Crippen LogP contribution in [-0.2, 0) is 19.3 Å². The summed E-state index contributed by atoms with van der Waals surface area (Å²) in [7, 11) is 1.66. The summed E-state index contributed by atoms with van der Waals surface area (Å²) in [6, 6.07) is 0. The van der Waals surface area contributed by atoms with Crippen molar-refractivity contribution in [2.45, 2.75) is 53.9 Å². The zero-order valence-electron chi connectivity index (χ0n) is 15.6. The van der Waals surface area contributed by atoms with E-state index in [0.29, 0.717) is 18.6 Å². The Morgan fingerprint density at radius 3 is 2.25 bits per heavy atom. The molecule has 1 heterocycles. The Hall–Kier alpha value is -2.16. The lowest BCUT2D eigenvalue weighted by Crippen LogP contribution is -2.09. The standard InChI is InChI=1S/C21H28O3/c1-13(2)7-10-16-19(22)17-12-9-15(5)24-21(17)18(20(16)23-6)11-8-14(3)4/h7-9,22H,10-12H2,1-6H3. The van der Waals surface area contributed by atoms with Gasteiger partial charge in [-0.25, -0.2) is 0 Å². The molecule has 0 bridgehead atoms. The first kappa shape index (κ1) is 18.2. The molecule has 0 unspecified atom stereocenters. The van der Waals surface area contributed by atoms with Crippen molar-refractivity contribution in [2.24, 2.45) is 0 Å². The molecule has 0 aliphatic carbocycles. The van der Waals surface area contributed by atoms with Crippen molar-refractivity contribution >= 4 is 0 Å². The minimum absolute atomic E-state index is 0.295. The van der Waals surface area contributed by atoms with Crippen LogP contribution >= 0.6 is 0 Å². The quantitative estimate of drug-likeness (QED) is 0.750. The lowest BCUT2D eigenvalue weighted by molar-refractivity contribution is 0.368. The Labute approximate surface area is 145 Å². The van der Waals surface area contributed by atoms with E-state index in [1.807, 2.05) is 13.0 Å². The lowest BCUT2D eigenvalue weighted by Gasteiger charge is -2.25. The van der Waals surface area contributed by atoms with Crippen LogP contribution in [0.1, 0.15) is 51.3 Å². The van der Waals surface area contributed by atoms with Crippen LogP contribution in [-0.4, -0.2) is 12.2 Å². The molecule has 1 aromatic carbocycles.